The molecule has 0 aliphatic carbocycles. The Kier molecular flexibility index (Phi) is 4.11. The molecule has 26 heavy (non-hydrogen) atoms. The van der Waals surface area contributed by atoms with E-state index in [2.05, 4.69) is 28.9 Å². The zero-order valence-electron chi connectivity index (χ0n) is 14.0. The Hall–Kier alpha value is -2.19. The lowest BCUT2D eigenvalue weighted by molar-refractivity contribution is -0.145. The van der Waals surface area contributed by atoms with Gasteiger partial charge in [-0.15, -0.1) is 11.3 Å². The van der Waals surface area contributed by atoms with E-state index in [0.717, 1.165) is 0 Å². The van der Waals surface area contributed by atoms with E-state index in [1.165, 1.54) is 20.5 Å². The maximum absolute atomic E-state index is 12.8. The summed E-state index contributed by atoms with van der Waals surface area (Å²) in [4.78, 5) is 20.9. The van der Waals surface area contributed by atoms with Crippen molar-refractivity contribution in [3.8, 4) is 0 Å². The molecule has 1 aliphatic rings. The second-order valence-corrected chi connectivity index (χ2v) is 7.58. The number of benzene rings is 1. The summed E-state index contributed by atoms with van der Waals surface area (Å²) in [5, 5.41) is 1.22. The summed E-state index contributed by atoms with van der Waals surface area (Å²) in [6.07, 6.45) is -4.30. The second kappa shape index (κ2) is 6.21. The molecular weight excluding hydrogens is 363 g/mol. The van der Waals surface area contributed by atoms with Crippen LogP contribution < -0.4 is 5.56 Å². The Balaban J connectivity index is 1.60. The molecule has 1 N–H and O–H groups in total. The number of hydrogen-bond acceptors (Lipinski definition) is 4. The highest BCUT2D eigenvalue weighted by atomic mass is 32.1. The van der Waals surface area contributed by atoms with Gasteiger partial charge in [0.25, 0.3) is 5.56 Å². The lowest BCUT2D eigenvalue weighted by Crippen LogP contribution is -2.36. The summed E-state index contributed by atoms with van der Waals surface area (Å²) in [5.41, 5.74) is 1.12. The van der Waals surface area contributed by atoms with Crippen LogP contribution >= 0.6 is 11.3 Å². The predicted octanol–water partition coefficient (Wildman–Crippen LogP) is 3.87. The van der Waals surface area contributed by atoms with E-state index in [1.54, 1.807) is 11.3 Å². The molecule has 0 saturated heterocycles. The van der Waals surface area contributed by atoms with Gasteiger partial charge >= 0.3 is 6.18 Å². The smallest absolute Gasteiger partial charge is 0.303 e. The van der Waals surface area contributed by atoms with Crippen LogP contribution in [0.25, 0.3) is 10.1 Å². The van der Waals surface area contributed by atoms with E-state index in [9.17, 15) is 18.0 Å². The number of aromatic nitrogens is 2. The van der Waals surface area contributed by atoms with Gasteiger partial charge in [-0.05, 0) is 23.9 Å². The molecule has 3 aromatic rings. The molecule has 0 saturated carbocycles. The van der Waals surface area contributed by atoms with Crippen molar-refractivity contribution in [2.24, 2.45) is 0 Å². The SMILES string of the molecule is Cc1c(CN2CCc3nc(C(F)(F)F)[nH]c(=O)c3C2)sc2ccccc12. The number of rotatable bonds is 2. The van der Waals surface area contributed by atoms with E-state index >= 15 is 0 Å². The number of nitrogens with one attached hydrogen (secondary N) is 1. The Morgan fingerprint density at radius 2 is 2.08 bits per heavy atom. The van der Waals surface area contributed by atoms with Crippen molar-refractivity contribution in [3.05, 3.63) is 62.1 Å². The number of aromatic amines is 1. The van der Waals surface area contributed by atoms with Gasteiger partial charge in [0, 0.05) is 35.6 Å². The molecule has 3 heterocycles. The van der Waals surface area contributed by atoms with Crippen molar-refractivity contribution in [1.82, 2.24) is 14.9 Å². The average molecular weight is 379 g/mol. The molecule has 4 nitrogen and oxygen atoms in total. The standard InChI is InChI=1S/C18H16F3N3OS/c1-10-11-4-2-3-5-14(11)26-15(10)9-24-7-6-13-12(8-24)16(25)23-17(22-13)18(19,20)21/h2-5H,6-9H2,1H3,(H,22,23,25). The van der Waals surface area contributed by atoms with Gasteiger partial charge in [-0.2, -0.15) is 13.2 Å². The average Bonchev–Trinajstić information content (AvgIpc) is 2.91. The Labute approximate surface area is 151 Å². The summed E-state index contributed by atoms with van der Waals surface area (Å²) in [6, 6.07) is 8.17. The molecule has 0 bridgehead atoms. The van der Waals surface area contributed by atoms with Crippen molar-refractivity contribution >= 4 is 21.4 Å². The van der Waals surface area contributed by atoms with Crippen LogP contribution in [0.15, 0.2) is 29.1 Å². The molecule has 0 radical (unpaired) electrons. The zero-order chi connectivity index (χ0) is 18.5. The van der Waals surface area contributed by atoms with Crippen LogP contribution in [0.1, 0.15) is 27.5 Å². The summed E-state index contributed by atoms with van der Waals surface area (Å²) in [7, 11) is 0. The molecule has 0 spiro atoms. The van der Waals surface area contributed by atoms with Crippen molar-refractivity contribution in [2.45, 2.75) is 32.6 Å². The molecule has 2 aromatic heterocycles. The van der Waals surface area contributed by atoms with Crippen LogP contribution in [0.2, 0.25) is 0 Å². The first kappa shape index (κ1) is 17.2. The van der Waals surface area contributed by atoms with E-state index in [-0.39, 0.29) is 5.69 Å². The minimum absolute atomic E-state index is 0.255. The fourth-order valence-corrected chi connectivity index (χ4v) is 4.58. The van der Waals surface area contributed by atoms with Gasteiger partial charge in [0.2, 0.25) is 5.82 Å². The number of fused-ring (bicyclic) bond motifs is 2. The summed E-state index contributed by atoms with van der Waals surface area (Å²) < 4.78 is 39.6. The molecule has 4 rings (SSSR count). The number of aryl methyl sites for hydroxylation is 1. The van der Waals surface area contributed by atoms with Crippen molar-refractivity contribution in [1.29, 1.82) is 0 Å². The number of H-pyrrole nitrogens is 1. The fraction of sp³-hybridized carbons (Fsp3) is 0.333. The second-order valence-electron chi connectivity index (χ2n) is 6.44. The molecular formula is C18H16F3N3OS. The number of halogens is 3. The first-order chi connectivity index (χ1) is 12.3. The van der Waals surface area contributed by atoms with Gasteiger partial charge in [-0.1, -0.05) is 18.2 Å². The van der Waals surface area contributed by atoms with Gasteiger partial charge in [-0.3, -0.25) is 9.69 Å². The van der Waals surface area contributed by atoms with Gasteiger partial charge in [0.15, 0.2) is 0 Å². The van der Waals surface area contributed by atoms with Gasteiger partial charge in [0.1, 0.15) is 0 Å². The first-order valence-corrected chi connectivity index (χ1v) is 9.03. The molecule has 0 unspecified atom stereocenters. The highest BCUT2D eigenvalue weighted by molar-refractivity contribution is 7.19. The van der Waals surface area contributed by atoms with Gasteiger partial charge in [-0.25, -0.2) is 4.98 Å². The largest absolute Gasteiger partial charge is 0.449 e. The maximum atomic E-state index is 12.8. The lowest BCUT2D eigenvalue weighted by atomic mass is 10.1. The molecule has 0 fully saturated rings. The molecule has 1 aromatic carbocycles. The zero-order valence-corrected chi connectivity index (χ0v) is 14.8. The molecule has 0 atom stereocenters. The first-order valence-electron chi connectivity index (χ1n) is 8.21. The van der Waals surface area contributed by atoms with Crippen molar-refractivity contribution in [3.63, 3.8) is 0 Å². The minimum Gasteiger partial charge on any atom is -0.303 e. The summed E-state index contributed by atoms with van der Waals surface area (Å²) in [6.45, 7) is 3.64. The molecule has 8 heteroatoms. The number of hydrogen-bond donors (Lipinski definition) is 1. The van der Waals surface area contributed by atoms with Crippen LogP contribution in [-0.2, 0) is 25.7 Å². The Morgan fingerprint density at radius 1 is 1.31 bits per heavy atom. The number of thiophene rings is 1. The number of alkyl halides is 3. The van der Waals surface area contributed by atoms with Crippen LogP contribution in [0.5, 0.6) is 0 Å². The predicted molar refractivity (Wildman–Crippen MR) is 94.2 cm³/mol. The Bertz CT molecular complexity index is 1040. The van der Waals surface area contributed by atoms with Crippen LogP contribution in [0.3, 0.4) is 0 Å². The van der Waals surface area contributed by atoms with Gasteiger partial charge < -0.3 is 4.98 Å². The van der Waals surface area contributed by atoms with Crippen molar-refractivity contribution < 1.29 is 13.2 Å². The number of nitrogens with zero attached hydrogens (tertiary/aromatic N) is 2. The van der Waals surface area contributed by atoms with E-state index in [4.69, 9.17) is 0 Å². The van der Waals surface area contributed by atoms with Crippen molar-refractivity contribution in [2.75, 3.05) is 6.54 Å². The van der Waals surface area contributed by atoms with Crippen LogP contribution in [0, 0.1) is 6.92 Å². The van der Waals surface area contributed by atoms with Crippen LogP contribution in [0.4, 0.5) is 13.2 Å². The topological polar surface area (TPSA) is 49.0 Å². The van der Waals surface area contributed by atoms with Crippen LogP contribution in [-0.4, -0.2) is 21.4 Å². The summed E-state index contributed by atoms with van der Waals surface area (Å²) >= 11 is 1.72. The van der Waals surface area contributed by atoms with E-state index in [0.29, 0.717) is 31.6 Å². The lowest BCUT2D eigenvalue weighted by Gasteiger charge is -2.27. The van der Waals surface area contributed by atoms with E-state index in [1.807, 2.05) is 17.1 Å². The third-order valence-corrected chi connectivity index (χ3v) is 5.98. The minimum atomic E-state index is -4.64. The highest BCUT2D eigenvalue weighted by Gasteiger charge is 2.36. The quantitative estimate of drug-likeness (QED) is 0.735. The monoisotopic (exact) mass is 379 g/mol. The third-order valence-electron chi connectivity index (χ3n) is 4.73. The normalized spacial score (nSPS) is 15.4. The molecule has 0 amide bonds. The highest BCUT2D eigenvalue weighted by Crippen LogP contribution is 2.32. The third kappa shape index (κ3) is 3.03. The summed E-state index contributed by atoms with van der Waals surface area (Å²) in [5.74, 6) is -1.21. The van der Waals surface area contributed by atoms with E-state index < -0.39 is 17.6 Å². The molecule has 1 aliphatic heterocycles. The molecule has 136 valence electrons. The van der Waals surface area contributed by atoms with Gasteiger partial charge in [0.05, 0.1) is 11.3 Å². The maximum Gasteiger partial charge on any atom is 0.449 e. The Morgan fingerprint density at radius 3 is 2.81 bits per heavy atom. The fourth-order valence-electron chi connectivity index (χ4n) is 3.33.